The summed E-state index contributed by atoms with van der Waals surface area (Å²) in [6, 6.07) is 0.822. The largest absolute Gasteiger partial charge is 0.598 e. The molecule has 0 heterocycles. The standard InChI is InChI=1S/C15H33N3O2SSi/c1-8-9-13(18-21(19)15(2,3)4)14(16)17-12-20-10-11-22(5,6)7/h8,13,18H,1,9-12H2,2-7H3,(H2,16,17)/t13-,21?/m0/s1. The molecule has 3 N–H and O–H groups in total. The molecule has 0 saturated carbocycles. The van der Waals surface area contributed by atoms with Crippen molar-refractivity contribution >= 4 is 25.3 Å². The molecule has 0 fully saturated rings. The second-order valence-corrected chi connectivity index (χ2v) is 15.1. The van der Waals surface area contributed by atoms with Crippen LogP contribution in [0.3, 0.4) is 0 Å². The predicted molar refractivity (Wildman–Crippen MR) is 100 cm³/mol. The third-order valence-corrected chi connectivity index (χ3v) is 6.21. The lowest BCUT2D eigenvalue weighted by molar-refractivity contribution is 0.155. The maximum absolute atomic E-state index is 12.2. The monoisotopic (exact) mass is 347 g/mol. The third-order valence-electron chi connectivity index (χ3n) is 2.90. The number of aliphatic imine (C=N–C) groups is 1. The highest BCUT2D eigenvalue weighted by atomic mass is 32.2. The van der Waals surface area contributed by atoms with Gasteiger partial charge in [0.2, 0.25) is 0 Å². The summed E-state index contributed by atoms with van der Waals surface area (Å²) in [6.07, 6.45) is 2.32. The zero-order valence-corrected chi connectivity index (χ0v) is 16.8. The topological polar surface area (TPSA) is 82.7 Å². The van der Waals surface area contributed by atoms with Crippen LogP contribution in [0.2, 0.25) is 25.7 Å². The minimum absolute atomic E-state index is 0.244. The van der Waals surface area contributed by atoms with Crippen molar-refractivity contribution in [3.63, 3.8) is 0 Å². The first-order valence-electron chi connectivity index (χ1n) is 7.64. The summed E-state index contributed by atoms with van der Waals surface area (Å²) in [5, 5.41) is 0. The van der Waals surface area contributed by atoms with Gasteiger partial charge in [-0.3, -0.25) is 0 Å². The van der Waals surface area contributed by atoms with Crippen molar-refractivity contribution in [2.24, 2.45) is 10.7 Å². The Morgan fingerprint density at radius 1 is 1.45 bits per heavy atom. The summed E-state index contributed by atoms with van der Waals surface area (Å²) in [7, 11) is -1.08. The molecule has 0 spiro atoms. The van der Waals surface area contributed by atoms with E-state index in [1.807, 2.05) is 20.8 Å². The highest BCUT2D eigenvalue weighted by Crippen LogP contribution is 2.14. The van der Waals surface area contributed by atoms with E-state index < -0.39 is 19.4 Å². The zero-order valence-electron chi connectivity index (χ0n) is 14.9. The maximum Gasteiger partial charge on any atom is 0.139 e. The third kappa shape index (κ3) is 10.4. The van der Waals surface area contributed by atoms with E-state index in [0.717, 1.165) is 6.04 Å². The van der Waals surface area contributed by atoms with E-state index in [4.69, 9.17) is 10.5 Å². The molecule has 0 rings (SSSR count). The first-order valence-corrected chi connectivity index (χ1v) is 12.5. The van der Waals surface area contributed by atoms with Crippen LogP contribution in [0.15, 0.2) is 17.6 Å². The second kappa shape index (κ2) is 9.72. The summed E-state index contributed by atoms with van der Waals surface area (Å²) in [5.74, 6) is 0.408. The number of ether oxygens (including phenoxy) is 1. The van der Waals surface area contributed by atoms with E-state index >= 15 is 0 Å². The van der Waals surface area contributed by atoms with Crippen molar-refractivity contribution in [1.29, 1.82) is 0 Å². The molecule has 0 aliphatic rings. The van der Waals surface area contributed by atoms with Crippen molar-refractivity contribution in [2.75, 3.05) is 13.3 Å². The predicted octanol–water partition coefficient (Wildman–Crippen LogP) is 2.65. The highest BCUT2D eigenvalue weighted by Gasteiger charge is 2.30. The molecule has 1 unspecified atom stereocenters. The van der Waals surface area contributed by atoms with Crippen molar-refractivity contribution in [1.82, 2.24) is 4.72 Å². The SMILES string of the molecule is C=CC[C@H](N[S+]([O-])C(C)(C)C)C(N)=NCOCC[Si](C)(C)C. The summed E-state index contributed by atoms with van der Waals surface area (Å²) in [6.45, 7) is 17.3. The van der Waals surface area contributed by atoms with Crippen molar-refractivity contribution in [2.45, 2.75) is 63.7 Å². The molecule has 0 amide bonds. The number of amidine groups is 1. The molecule has 130 valence electrons. The number of nitrogens with one attached hydrogen (secondary N) is 1. The molecule has 22 heavy (non-hydrogen) atoms. The molecule has 2 atom stereocenters. The van der Waals surface area contributed by atoms with E-state index in [1.165, 1.54) is 0 Å². The zero-order chi connectivity index (χ0) is 17.4. The lowest BCUT2D eigenvalue weighted by Gasteiger charge is -2.27. The molecular weight excluding hydrogens is 314 g/mol. The van der Waals surface area contributed by atoms with E-state index in [9.17, 15) is 4.55 Å². The summed E-state index contributed by atoms with van der Waals surface area (Å²) >= 11 is -1.20. The van der Waals surface area contributed by atoms with Crippen LogP contribution in [-0.4, -0.2) is 42.6 Å². The summed E-state index contributed by atoms with van der Waals surface area (Å²) in [5.41, 5.74) is 6.00. The fourth-order valence-corrected chi connectivity index (χ4v) is 2.96. The van der Waals surface area contributed by atoms with Gasteiger partial charge in [-0.05, 0) is 33.2 Å². The minimum Gasteiger partial charge on any atom is -0.598 e. The second-order valence-electron chi connectivity index (χ2n) is 7.51. The average Bonchev–Trinajstić information content (AvgIpc) is 2.34. The van der Waals surface area contributed by atoms with Gasteiger partial charge in [-0.1, -0.05) is 25.7 Å². The Hall–Kier alpha value is -0.343. The van der Waals surface area contributed by atoms with Crippen LogP contribution in [0.4, 0.5) is 0 Å². The molecule has 5 nitrogen and oxygen atoms in total. The fourth-order valence-electron chi connectivity index (χ4n) is 1.38. The molecule has 0 saturated heterocycles. The van der Waals surface area contributed by atoms with Gasteiger partial charge in [-0.2, -0.15) is 0 Å². The summed E-state index contributed by atoms with van der Waals surface area (Å²) in [4.78, 5) is 4.24. The molecule has 0 aromatic rings. The van der Waals surface area contributed by atoms with Crippen LogP contribution < -0.4 is 10.5 Å². The van der Waals surface area contributed by atoms with Crippen LogP contribution >= 0.6 is 0 Å². The van der Waals surface area contributed by atoms with Crippen LogP contribution in [0.1, 0.15) is 27.2 Å². The van der Waals surface area contributed by atoms with Crippen LogP contribution in [0.5, 0.6) is 0 Å². The van der Waals surface area contributed by atoms with Gasteiger partial charge < -0.3 is 15.0 Å². The number of hydrogen-bond donors (Lipinski definition) is 2. The molecule has 0 aliphatic carbocycles. The Labute approximate surface area is 140 Å². The first kappa shape index (κ1) is 21.7. The Bertz CT molecular complexity index is 365. The normalized spacial score (nSPS) is 16.4. The van der Waals surface area contributed by atoms with Gasteiger partial charge in [0, 0.05) is 26.0 Å². The molecule has 7 heteroatoms. The van der Waals surface area contributed by atoms with Crippen molar-refractivity contribution < 1.29 is 9.29 Å². The average molecular weight is 348 g/mol. The number of nitrogens with zero attached hydrogens (tertiary/aromatic N) is 1. The minimum atomic E-state index is -1.20. The van der Waals surface area contributed by atoms with Gasteiger partial charge in [0.15, 0.2) is 0 Å². The molecule has 0 aliphatic heterocycles. The molecule has 0 aromatic heterocycles. The highest BCUT2D eigenvalue weighted by molar-refractivity contribution is 7.90. The first-order chi connectivity index (χ1) is 9.97. The number of hydrogen-bond acceptors (Lipinski definition) is 4. The van der Waals surface area contributed by atoms with E-state index in [0.29, 0.717) is 18.9 Å². The van der Waals surface area contributed by atoms with Crippen molar-refractivity contribution in [3.05, 3.63) is 12.7 Å². The fraction of sp³-hybridized carbons (Fsp3) is 0.800. The van der Waals surface area contributed by atoms with Crippen LogP contribution in [0.25, 0.3) is 0 Å². The van der Waals surface area contributed by atoms with Crippen LogP contribution in [0, 0.1) is 0 Å². The number of nitrogens with two attached hydrogens (primary N) is 1. The van der Waals surface area contributed by atoms with Gasteiger partial charge in [-0.15, -0.1) is 11.3 Å². The molecule has 0 radical (unpaired) electrons. The van der Waals surface area contributed by atoms with Gasteiger partial charge in [0.25, 0.3) is 0 Å². The maximum atomic E-state index is 12.2. The molecule has 0 bridgehead atoms. The molecular formula is C15H33N3O2SSi. The summed E-state index contributed by atoms with van der Waals surface area (Å²) < 4.78 is 20.4. The van der Waals surface area contributed by atoms with Crippen LogP contribution in [-0.2, 0) is 16.1 Å². The van der Waals surface area contributed by atoms with Gasteiger partial charge in [0.1, 0.15) is 23.4 Å². The molecule has 0 aromatic carbocycles. The lowest BCUT2D eigenvalue weighted by atomic mass is 10.2. The Balaban J connectivity index is 4.43. The lowest BCUT2D eigenvalue weighted by Crippen LogP contribution is -2.50. The Morgan fingerprint density at radius 2 is 2.05 bits per heavy atom. The van der Waals surface area contributed by atoms with E-state index in [2.05, 4.69) is 35.9 Å². The number of rotatable bonds is 10. The van der Waals surface area contributed by atoms with Gasteiger partial charge >= 0.3 is 0 Å². The van der Waals surface area contributed by atoms with Crippen molar-refractivity contribution in [3.8, 4) is 0 Å². The van der Waals surface area contributed by atoms with Gasteiger partial charge in [-0.25, -0.2) is 4.99 Å². The van der Waals surface area contributed by atoms with Gasteiger partial charge in [0.05, 0.1) is 0 Å². The Morgan fingerprint density at radius 3 is 2.50 bits per heavy atom. The smallest absolute Gasteiger partial charge is 0.139 e. The van der Waals surface area contributed by atoms with E-state index in [-0.39, 0.29) is 17.5 Å². The van der Waals surface area contributed by atoms with E-state index in [1.54, 1.807) is 6.08 Å². The Kier molecular flexibility index (Phi) is 9.57. The quantitative estimate of drug-likeness (QED) is 0.159.